The number of likely N-dealkylation sites (tertiary alicyclic amines) is 1. The van der Waals surface area contributed by atoms with Crippen molar-refractivity contribution in [2.75, 3.05) is 26.0 Å². The molecule has 1 aromatic rings. The van der Waals surface area contributed by atoms with Crippen LogP contribution >= 0.6 is 0 Å². The van der Waals surface area contributed by atoms with Gasteiger partial charge in [0.25, 0.3) is 0 Å². The molecule has 110 valence electrons. The Morgan fingerprint density at radius 2 is 2.20 bits per heavy atom. The summed E-state index contributed by atoms with van der Waals surface area (Å²) in [5, 5.41) is 3.49. The van der Waals surface area contributed by atoms with Crippen molar-refractivity contribution in [3.05, 3.63) is 36.0 Å². The second-order valence-electron chi connectivity index (χ2n) is 5.96. The summed E-state index contributed by atoms with van der Waals surface area (Å²) in [6.45, 7) is 9.82. The summed E-state index contributed by atoms with van der Waals surface area (Å²) < 4.78 is 5.24. The normalized spacial score (nSPS) is 23.4. The molecule has 1 saturated heterocycles. The van der Waals surface area contributed by atoms with E-state index in [1.807, 2.05) is 12.1 Å². The second kappa shape index (κ2) is 6.31. The molecule has 0 amide bonds. The predicted octanol–water partition coefficient (Wildman–Crippen LogP) is 3.66. The molecule has 0 aromatic heterocycles. The van der Waals surface area contributed by atoms with Gasteiger partial charge in [-0.05, 0) is 63.0 Å². The third kappa shape index (κ3) is 3.34. The van der Waals surface area contributed by atoms with Crippen LogP contribution in [-0.4, -0.2) is 31.6 Å². The summed E-state index contributed by atoms with van der Waals surface area (Å²) >= 11 is 0. The SMILES string of the molecule is C=C(Nc1ccc(OC)cc1C)[C@H]1CC(C)CCN1C. The molecule has 1 aliphatic heterocycles. The lowest BCUT2D eigenvalue weighted by molar-refractivity contribution is 0.174. The molecule has 1 N–H and O–H groups in total. The van der Waals surface area contributed by atoms with Crippen LogP contribution in [0.2, 0.25) is 0 Å². The van der Waals surface area contributed by atoms with Crippen LogP contribution in [0.4, 0.5) is 5.69 Å². The van der Waals surface area contributed by atoms with Gasteiger partial charge in [0.2, 0.25) is 0 Å². The van der Waals surface area contributed by atoms with Crippen LogP contribution in [0.15, 0.2) is 30.5 Å². The van der Waals surface area contributed by atoms with Gasteiger partial charge in [0.1, 0.15) is 5.75 Å². The smallest absolute Gasteiger partial charge is 0.119 e. The van der Waals surface area contributed by atoms with E-state index in [9.17, 15) is 0 Å². The average molecular weight is 274 g/mol. The average Bonchev–Trinajstić information content (AvgIpc) is 2.43. The molecule has 0 bridgehead atoms. The molecule has 1 unspecified atom stereocenters. The van der Waals surface area contributed by atoms with Gasteiger partial charge in [0.05, 0.1) is 7.11 Å². The highest BCUT2D eigenvalue weighted by Gasteiger charge is 2.25. The fourth-order valence-electron chi connectivity index (χ4n) is 2.83. The molecule has 0 saturated carbocycles. The van der Waals surface area contributed by atoms with E-state index < -0.39 is 0 Å². The highest BCUT2D eigenvalue weighted by Crippen LogP contribution is 2.28. The molecule has 3 heteroatoms. The van der Waals surface area contributed by atoms with Crippen molar-refractivity contribution < 1.29 is 4.74 Å². The van der Waals surface area contributed by atoms with Crippen molar-refractivity contribution in [1.29, 1.82) is 0 Å². The van der Waals surface area contributed by atoms with Crippen molar-refractivity contribution >= 4 is 5.69 Å². The minimum Gasteiger partial charge on any atom is -0.497 e. The molecule has 1 aromatic carbocycles. The minimum atomic E-state index is 0.417. The Bertz CT molecular complexity index is 484. The summed E-state index contributed by atoms with van der Waals surface area (Å²) in [6.07, 6.45) is 2.46. The fraction of sp³-hybridized carbons (Fsp3) is 0.529. The Labute approximate surface area is 122 Å². The van der Waals surface area contributed by atoms with E-state index >= 15 is 0 Å². The lowest BCUT2D eigenvalue weighted by atomic mass is 9.91. The van der Waals surface area contributed by atoms with Gasteiger partial charge in [0, 0.05) is 17.4 Å². The topological polar surface area (TPSA) is 24.5 Å². The van der Waals surface area contributed by atoms with Crippen LogP contribution in [-0.2, 0) is 0 Å². The fourth-order valence-corrected chi connectivity index (χ4v) is 2.83. The van der Waals surface area contributed by atoms with E-state index in [2.05, 4.69) is 43.8 Å². The number of hydrogen-bond donors (Lipinski definition) is 1. The number of nitrogens with one attached hydrogen (secondary N) is 1. The Morgan fingerprint density at radius 1 is 1.45 bits per heavy atom. The Hall–Kier alpha value is -1.48. The zero-order valence-electron chi connectivity index (χ0n) is 13.1. The number of aryl methyl sites for hydroxylation is 1. The molecule has 1 aliphatic rings. The van der Waals surface area contributed by atoms with Gasteiger partial charge >= 0.3 is 0 Å². The van der Waals surface area contributed by atoms with Gasteiger partial charge < -0.3 is 10.1 Å². The maximum Gasteiger partial charge on any atom is 0.119 e. The van der Waals surface area contributed by atoms with Crippen LogP contribution in [0.25, 0.3) is 0 Å². The quantitative estimate of drug-likeness (QED) is 0.907. The van der Waals surface area contributed by atoms with Gasteiger partial charge in [-0.2, -0.15) is 0 Å². The summed E-state index contributed by atoms with van der Waals surface area (Å²) in [5.41, 5.74) is 3.38. The highest BCUT2D eigenvalue weighted by atomic mass is 16.5. The van der Waals surface area contributed by atoms with Gasteiger partial charge in [-0.1, -0.05) is 13.5 Å². The number of benzene rings is 1. The number of piperidine rings is 1. The zero-order chi connectivity index (χ0) is 14.7. The number of rotatable bonds is 4. The number of ether oxygens (including phenoxy) is 1. The van der Waals surface area contributed by atoms with Crippen LogP contribution in [0.1, 0.15) is 25.3 Å². The van der Waals surface area contributed by atoms with E-state index in [0.717, 1.165) is 29.6 Å². The van der Waals surface area contributed by atoms with E-state index in [0.29, 0.717) is 6.04 Å². The first-order valence-corrected chi connectivity index (χ1v) is 7.32. The Kier molecular flexibility index (Phi) is 4.71. The van der Waals surface area contributed by atoms with Crippen molar-refractivity contribution in [2.45, 2.75) is 32.7 Å². The molecule has 20 heavy (non-hydrogen) atoms. The molecule has 0 radical (unpaired) electrons. The first-order chi connectivity index (χ1) is 9.51. The molecule has 2 rings (SSSR count). The van der Waals surface area contributed by atoms with Crippen LogP contribution in [0.3, 0.4) is 0 Å². The standard InChI is InChI=1S/C17H26N2O/c1-12-8-9-19(4)17(10-12)14(3)18-16-7-6-15(20-5)11-13(16)2/h6-7,11-12,17-18H,3,8-10H2,1-2,4-5H3/t12?,17-/m1/s1. The maximum absolute atomic E-state index is 5.24. The molecule has 1 fully saturated rings. The van der Waals surface area contributed by atoms with Crippen LogP contribution in [0.5, 0.6) is 5.75 Å². The van der Waals surface area contributed by atoms with Gasteiger partial charge in [0.15, 0.2) is 0 Å². The lowest BCUT2D eigenvalue weighted by Gasteiger charge is -2.37. The van der Waals surface area contributed by atoms with E-state index in [-0.39, 0.29) is 0 Å². The Balaban J connectivity index is 2.07. The molecule has 1 heterocycles. The number of anilines is 1. The molecular weight excluding hydrogens is 248 g/mol. The number of methoxy groups -OCH3 is 1. The molecule has 0 spiro atoms. The molecule has 3 nitrogen and oxygen atoms in total. The first-order valence-electron chi connectivity index (χ1n) is 7.32. The second-order valence-corrected chi connectivity index (χ2v) is 5.96. The van der Waals surface area contributed by atoms with E-state index in [1.165, 1.54) is 18.4 Å². The van der Waals surface area contributed by atoms with Gasteiger partial charge in [-0.3, -0.25) is 4.90 Å². The zero-order valence-corrected chi connectivity index (χ0v) is 13.1. The van der Waals surface area contributed by atoms with Crippen molar-refractivity contribution in [2.24, 2.45) is 5.92 Å². The maximum atomic E-state index is 5.24. The third-order valence-electron chi connectivity index (χ3n) is 4.26. The first kappa shape index (κ1) is 14.9. The van der Waals surface area contributed by atoms with Gasteiger partial charge in [-0.15, -0.1) is 0 Å². The predicted molar refractivity (Wildman–Crippen MR) is 85.3 cm³/mol. The van der Waals surface area contributed by atoms with Crippen LogP contribution < -0.4 is 10.1 Å². The Morgan fingerprint density at radius 3 is 2.85 bits per heavy atom. The van der Waals surface area contributed by atoms with E-state index in [1.54, 1.807) is 7.11 Å². The highest BCUT2D eigenvalue weighted by molar-refractivity contribution is 5.57. The van der Waals surface area contributed by atoms with Gasteiger partial charge in [-0.25, -0.2) is 0 Å². The summed E-state index contributed by atoms with van der Waals surface area (Å²) in [4.78, 5) is 2.40. The van der Waals surface area contributed by atoms with Crippen molar-refractivity contribution in [1.82, 2.24) is 4.90 Å². The summed E-state index contributed by atoms with van der Waals surface area (Å²) in [5.74, 6) is 1.66. The molecule has 0 aliphatic carbocycles. The molecule has 2 atom stereocenters. The minimum absolute atomic E-state index is 0.417. The monoisotopic (exact) mass is 274 g/mol. The van der Waals surface area contributed by atoms with E-state index in [4.69, 9.17) is 4.74 Å². The lowest BCUT2D eigenvalue weighted by Crippen LogP contribution is -2.41. The number of nitrogens with zero attached hydrogens (tertiary/aromatic N) is 1. The van der Waals surface area contributed by atoms with Crippen molar-refractivity contribution in [3.8, 4) is 5.75 Å². The number of hydrogen-bond acceptors (Lipinski definition) is 3. The molecular formula is C17H26N2O. The van der Waals surface area contributed by atoms with Crippen molar-refractivity contribution in [3.63, 3.8) is 0 Å². The third-order valence-corrected chi connectivity index (χ3v) is 4.26. The van der Waals surface area contributed by atoms with Crippen LogP contribution in [0, 0.1) is 12.8 Å². The summed E-state index contributed by atoms with van der Waals surface area (Å²) in [6, 6.07) is 6.50. The summed E-state index contributed by atoms with van der Waals surface area (Å²) in [7, 11) is 3.88. The number of likely N-dealkylation sites (N-methyl/N-ethyl adjacent to an activating group) is 1. The largest absolute Gasteiger partial charge is 0.497 e.